The first kappa shape index (κ1) is 26.2. The summed E-state index contributed by atoms with van der Waals surface area (Å²) in [5, 5.41) is 33.7. The molecule has 0 unspecified atom stereocenters. The number of nitro benzene ring substituents is 1. The van der Waals surface area contributed by atoms with Crippen LogP contribution in [-0.4, -0.2) is 56.9 Å². The number of nitro groups is 1. The number of benzene rings is 3. The molecule has 0 bridgehead atoms. The molecular formula is C25H22N6O6S. The molecule has 0 aliphatic heterocycles. The third-order valence-corrected chi connectivity index (χ3v) is 6.17. The number of non-ortho nitro benzene ring substituents is 1. The Morgan fingerprint density at radius 1 is 1.11 bits per heavy atom. The van der Waals surface area contributed by atoms with Crippen LogP contribution < -0.4 is 14.9 Å². The van der Waals surface area contributed by atoms with E-state index in [-0.39, 0.29) is 22.8 Å². The van der Waals surface area contributed by atoms with Crippen molar-refractivity contribution in [2.45, 2.75) is 5.16 Å². The highest BCUT2D eigenvalue weighted by molar-refractivity contribution is 7.99. The number of aromatic nitrogens is 3. The Hall–Kier alpha value is -4.91. The predicted molar refractivity (Wildman–Crippen MR) is 141 cm³/mol. The molecule has 0 atom stereocenters. The number of methoxy groups -OCH3 is 2. The number of phenolic OH excluding ortho intramolecular Hbond substituents is 1. The van der Waals surface area contributed by atoms with Gasteiger partial charge in [-0.25, -0.2) is 5.43 Å². The number of hydrogen-bond acceptors (Lipinski definition) is 10. The van der Waals surface area contributed by atoms with Gasteiger partial charge in [-0.2, -0.15) is 5.10 Å². The number of phenols is 1. The Morgan fingerprint density at radius 2 is 1.87 bits per heavy atom. The molecule has 2 N–H and O–H groups in total. The van der Waals surface area contributed by atoms with E-state index >= 15 is 0 Å². The van der Waals surface area contributed by atoms with Crippen molar-refractivity contribution in [1.82, 2.24) is 20.2 Å². The molecule has 1 amide bonds. The SMILES string of the molecule is COc1ccc(-c2nnc(SCC(=O)N/N=C/c3cc([N+](=O)[O-])ccc3O)n2-c2ccccc2)cc1OC. The fourth-order valence-corrected chi connectivity index (χ4v) is 4.17. The second-order valence-corrected chi connectivity index (χ2v) is 8.57. The Balaban J connectivity index is 1.53. The van der Waals surface area contributed by atoms with Gasteiger partial charge >= 0.3 is 0 Å². The van der Waals surface area contributed by atoms with Crippen molar-refractivity contribution < 1.29 is 24.3 Å². The standard InChI is InChI=1S/C25H22N6O6S/c1-36-21-11-8-16(13-22(21)37-2)24-28-29-25(30(24)18-6-4-3-5-7-18)38-15-23(33)27-26-14-17-12-19(31(34)35)9-10-20(17)32/h3-14,32H,15H2,1-2H3,(H,27,33)/b26-14+. The van der Waals surface area contributed by atoms with Crippen LogP contribution in [0.15, 0.2) is 77.0 Å². The van der Waals surface area contributed by atoms with E-state index in [0.717, 1.165) is 35.3 Å². The summed E-state index contributed by atoms with van der Waals surface area (Å²) in [6.07, 6.45) is 1.13. The molecule has 0 saturated carbocycles. The zero-order valence-corrected chi connectivity index (χ0v) is 21.1. The lowest BCUT2D eigenvalue weighted by atomic mass is 10.2. The largest absolute Gasteiger partial charge is 0.507 e. The number of hydrazone groups is 1. The van der Waals surface area contributed by atoms with Gasteiger partial charge in [-0.15, -0.1) is 10.2 Å². The molecule has 0 aliphatic carbocycles. The van der Waals surface area contributed by atoms with Crippen LogP contribution in [0.2, 0.25) is 0 Å². The number of ether oxygens (including phenoxy) is 2. The number of nitrogens with one attached hydrogen (secondary N) is 1. The second-order valence-electron chi connectivity index (χ2n) is 7.63. The summed E-state index contributed by atoms with van der Waals surface area (Å²) < 4.78 is 12.6. The van der Waals surface area contributed by atoms with Crippen LogP contribution in [0.25, 0.3) is 17.1 Å². The fourth-order valence-electron chi connectivity index (χ4n) is 3.43. The average molecular weight is 535 g/mol. The minimum absolute atomic E-state index is 0.0465. The Labute approximate surface area is 221 Å². The molecule has 1 aromatic heterocycles. The Bertz CT molecular complexity index is 1490. The first-order chi connectivity index (χ1) is 18.4. The summed E-state index contributed by atoms with van der Waals surface area (Å²) in [4.78, 5) is 22.8. The number of thioether (sulfide) groups is 1. The van der Waals surface area contributed by atoms with Gasteiger partial charge in [-0.3, -0.25) is 19.5 Å². The van der Waals surface area contributed by atoms with Gasteiger partial charge in [-0.1, -0.05) is 30.0 Å². The monoisotopic (exact) mass is 534 g/mol. The predicted octanol–water partition coefficient (Wildman–Crippen LogP) is 3.81. The summed E-state index contributed by atoms with van der Waals surface area (Å²) in [6, 6.07) is 18.4. The van der Waals surface area contributed by atoms with E-state index in [9.17, 15) is 20.0 Å². The van der Waals surface area contributed by atoms with Gasteiger partial charge in [0.25, 0.3) is 11.6 Å². The average Bonchev–Trinajstić information content (AvgIpc) is 3.36. The molecule has 1 heterocycles. The van der Waals surface area contributed by atoms with Crippen molar-refractivity contribution in [2.24, 2.45) is 5.10 Å². The maximum atomic E-state index is 12.4. The van der Waals surface area contributed by atoms with Crippen LogP contribution in [0.3, 0.4) is 0 Å². The number of aromatic hydroxyl groups is 1. The molecule has 38 heavy (non-hydrogen) atoms. The number of rotatable bonds is 10. The number of nitrogens with zero attached hydrogens (tertiary/aromatic N) is 5. The van der Waals surface area contributed by atoms with E-state index in [1.165, 1.54) is 12.1 Å². The molecule has 12 nitrogen and oxygen atoms in total. The lowest BCUT2D eigenvalue weighted by Gasteiger charge is -2.12. The van der Waals surface area contributed by atoms with Crippen LogP contribution in [0.5, 0.6) is 17.2 Å². The van der Waals surface area contributed by atoms with Crippen molar-refractivity contribution >= 4 is 29.6 Å². The summed E-state index contributed by atoms with van der Waals surface area (Å²) in [6.45, 7) is 0. The lowest BCUT2D eigenvalue weighted by molar-refractivity contribution is -0.384. The topological polar surface area (TPSA) is 154 Å². The Kier molecular flexibility index (Phi) is 8.18. The fraction of sp³-hybridized carbons (Fsp3) is 0.120. The molecule has 0 aliphatic rings. The highest BCUT2D eigenvalue weighted by Crippen LogP contribution is 2.34. The molecule has 0 radical (unpaired) electrons. The molecular weight excluding hydrogens is 512 g/mol. The quantitative estimate of drug-likeness (QED) is 0.134. The molecule has 4 rings (SSSR count). The first-order valence-corrected chi connectivity index (χ1v) is 12.0. The second kappa shape index (κ2) is 11.9. The summed E-state index contributed by atoms with van der Waals surface area (Å²) in [7, 11) is 3.10. The van der Waals surface area contributed by atoms with Gasteiger partial charge in [-0.05, 0) is 36.4 Å². The highest BCUT2D eigenvalue weighted by Gasteiger charge is 2.19. The van der Waals surface area contributed by atoms with E-state index in [0.29, 0.717) is 22.5 Å². The third kappa shape index (κ3) is 5.90. The minimum atomic E-state index is -0.592. The normalized spacial score (nSPS) is 10.9. The van der Waals surface area contributed by atoms with Gasteiger partial charge in [0.1, 0.15) is 5.75 Å². The van der Waals surface area contributed by atoms with E-state index < -0.39 is 10.8 Å². The van der Waals surface area contributed by atoms with Crippen LogP contribution in [0.4, 0.5) is 5.69 Å². The van der Waals surface area contributed by atoms with Crippen molar-refractivity contribution in [3.63, 3.8) is 0 Å². The summed E-state index contributed by atoms with van der Waals surface area (Å²) in [5.41, 5.74) is 3.75. The number of hydrogen-bond donors (Lipinski definition) is 2. The first-order valence-electron chi connectivity index (χ1n) is 11.1. The number of carbonyl (C=O) groups is 1. The third-order valence-electron chi connectivity index (χ3n) is 5.24. The van der Waals surface area contributed by atoms with Crippen molar-refractivity contribution in [3.8, 4) is 34.3 Å². The van der Waals surface area contributed by atoms with Crippen LogP contribution in [-0.2, 0) is 4.79 Å². The van der Waals surface area contributed by atoms with Gasteiger partial charge in [0.15, 0.2) is 22.5 Å². The maximum absolute atomic E-state index is 12.4. The molecule has 13 heteroatoms. The summed E-state index contributed by atoms with van der Waals surface area (Å²) >= 11 is 1.15. The Morgan fingerprint density at radius 3 is 2.58 bits per heavy atom. The molecule has 4 aromatic rings. The number of para-hydroxylation sites is 1. The van der Waals surface area contributed by atoms with Gasteiger partial charge in [0.05, 0.1) is 31.1 Å². The van der Waals surface area contributed by atoms with Crippen LogP contribution in [0.1, 0.15) is 5.56 Å². The lowest BCUT2D eigenvalue weighted by Crippen LogP contribution is -2.20. The van der Waals surface area contributed by atoms with Crippen molar-refractivity contribution in [1.29, 1.82) is 0 Å². The van der Waals surface area contributed by atoms with Crippen LogP contribution in [0, 0.1) is 10.1 Å². The van der Waals surface area contributed by atoms with E-state index in [4.69, 9.17) is 9.47 Å². The maximum Gasteiger partial charge on any atom is 0.270 e. The van der Waals surface area contributed by atoms with E-state index in [1.54, 1.807) is 26.4 Å². The molecule has 0 saturated heterocycles. The van der Waals surface area contributed by atoms with Gasteiger partial charge < -0.3 is 14.6 Å². The number of amides is 1. The molecule has 0 spiro atoms. The highest BCUT2D eigenvalue weighted by atomic mass is 32.2. The van der Waals surface area contributed by atoms with Crippen molar-refractivity contribution in [2.75, 3.05) is 20.0 Å². The number of carbonyl (C=O) groups excluding carboxylic acids is 1. The minimum Gasteiger partial charge on any atom is -0.507 e. The van der Waals surface area contributed by atoms with Crippen molar-refractivity contribution in [3.05, 3.63) is 82.4 Å². The molecule has 0 fully saturated rings. The summed E-state index contributed by atoms with van der Waals surface area (Å²) in [5.74, 6) is 0.947. The zero-order valence-electron chi connectivity index (χ0n) is 20.3. The van der Waals surface area contributed by atoms with Gasteiger partial charge in [0.2, 0.25) is 0 Å². The van der Waals surface area contributed by atoms with E-state index in [1.807, 2.05) is 41.0 Å². The van der Waals surface area contributed by atoms with Crippen LogP contribution >= 0.6 is 11.8 Å². The smallest absolute Gasteiger partial charge is 0.270 e. The molecule has 194 valence electrons. The van der Waals surface area contributed by atoms with E-state index in [2.05, 4.69) is 20.7 Å². The van der Waals surface area contributed by atoms with Gasteiger partial charge in [0, 0.05) is 28.9 Å². The zero-order chi connectivity index (χ0) is 27.1. The molecule has 3 aromatic carbocycles.